The molecule has 150 valence electrons. The van der Waals surface area contributed by atoms with Crippen molar-refractivity contribution in [2.45, 2.75) is 70.3 Å². The number of nitrogens with zero attached hydrogens (tertiary/aromatic N) is 1. The van der Waals surface area contributed by atoms with Crippen LogP contribution in [-0.4, -0.2) is 61.2 Å². The summed E-state index contributed by atoms with van der Waals surface area (Å²) in [7, 11) is -4.06. The van der Waals surface area contributed by atoms with E-state index in [-0.39, 0.29) is 17.9 Å². The molecule has 1 saturated heterocycles. The zero-order valence-electron chi connectivity index (χ0n) is 15.4. The molecule has 0 bridgehead atoms. The van der Waals surface area contributed by atoms with Crippen LogP contribution < -0.4 is 10.0 Å². The van der Waals surface area contributed by atoms with Crippen molar-refractivity contribution in [2.24, 2.45) is 17.8 Å². The van der Waals surface area contributed by atoms with Gasteiger partial charge < -0.3 is 10.4 Å². The van der Waals surface area contributed by atoms with Gasteiger partial charge in [-0.05, 0) is 56.4 Å². The molecule has 3 fully saturated rings. The summed E-state index contributed by atoms with van der Waals surface area (Å²) < 4.78 is 42.2. The van der Waals surface area contributed by atoms with Gasteiger partial charge in [0, 0.05) is 6.04 Å². The van der Waals surface area contributed by atoms with E-state index >= 15 is 4.39 Å². The monoisotopic (exact) mass is 391 g/mol. The van der Waals surface area contributed by atoms with E-state index in [1.165, 1.54) is 0 Å². The summed E-state index contributed by atoms with van der Waals surface area (Å²) in [5, 5.41) is 13.9. The fourth-order valence-corrected chi connectivity index (χ4v) is 6.04. The van der Waals surface area contributed by atoms with Gasteiger partial charge in [-0.15, -0.1) is 0 Å². The Morgan fingerprint density at radius 3 is 2.69 bits per heavy atom. The average molecular weight is 392 g/mol. The molecule has 3 aliphatic rings. The van der Waals surface area contributed by atoms with Crippen LogP contribution in [0.25, 0.3) is 0 Å². The first-order valence-electron chi connectivity index (χ1n) is 9.57. The van der Waals surface area contributed by atoms with Crippen molar-refractivity contribution >= 4 is 16.1 Å². The van der Waals surface area contributed by atoms with Crippen molar-refractivity contribution < 1.29 is 22.7 Å². The number of carbonyl (C=O) groups is 1. The molecule has 0 aromatic carbocycles. The highest BCUT2D eigenvalue weighted by Gasteiger charge is 2.53. The summed E-state index contributed by atoms with van der Waals surface area (Å²) in [6, 6.07) is -0.964. The standard InChI is InChI=1S/C17H30FN3O4S/c1-10(2)5-6-19-12-4-3-11-7-14(22)17(16(18)13(11)8-12)21-9-15(23)20-26(21,24)25/h10-14,16-17,19,22H,3-9H2,1-2H3,(H,20,23)/t11?,12-,13?,14?,16?,17?/m0/s1. The predicted octanol–water partition coefficient (Wildman–Crippen LogP) is 0.555. The lowest BCUT2D eigenvalue weighted by molar-refractivity contribution is -0.119. The van der Waals surface area contributed by atoms with Gasteiger partial charge in [-0.3, -0.25) is 4.79 Å². The zero-order chi connectivity index (χ0) is 19.1. The highest BCUT2D eigenvalue weighted by atomic mass is 32.2. The van der Waals surface area contributed by atoms with Crippen LogP contribution in [-0.2, 0) is 15.0 Å². The van der Waals surface area contributed by atoms with Gasteiger partial charge in [0.2, 0.25) is 5.91 Å². The third-order valence-electron chi connectivity index (χ3n) is 6.06. The molecular weight excluding hydrogens is 361 g/mol. The minimum Gasteiger partial charge on any atom is -0.391 e. The number of alkyl halides is 1. The van der Waals surface area contributed by atoms with Crippen molar-refractivity contribution in [1.29, 1.82) is 0 Å². The number of fused-ring (bicyclic) bond motifs is 1. The quantitative estimate of drug-likeness (QED) is 0.636. The van der Waals surface area contributed by atoms with E-state index in [1.807, 2.05) is 4.72 Å². The van der Waals surface area contributed by atoms with E-state index in [0.717, 1.165) is 30.1 Å². The topological polar surface area (TPSA) is 98.7 Å². The van der Waals surface area contributed by atoms with Gasteiger partial charge in [0.05, 0.1) is 18.7 Å². The zero-order valence-corrected chi connectivity index (χ0v) is 16.2. The summed E-state index contributed by atoms with van der Waals surface area (Å²) in [4.78, 5) is 11.5. The second kappa shape index (κ2) is 7.69. The van der Waals surface area contributed by atoms with Gasteiger partial charge in [-0.25, -0.2) is 9.11 Å². The summed E-state index contributed by atoms with van der Waals surface area (Å²) >= 11 is 0. The number of amides is 1. The summed E-state index contributed by atoms with van der Waals surface area (Å²) in [5.74, 6) is -0.302. The number of hydrogen-bond donors (Lipinski definition) is 3. The second-order valence-electron chi connectivity index (χ2n) is 8.38. The van der Waals surface area contributed by atoms with Gasteiger partial charge >= 0.3 is 10.2 Å². The molecular formula is C17H30FN3O4S. The normalized spacial score (nSPS) is 40.4. The fraction of sp³-hybridized carbons (Fsp3) is 0.941. The molecule has 0 spiro atoms. The van der Waals surface area contributed by atoms with E-state index in [0.29, 0.717) is 18.8 Å². The van der Waals surface area contributed by atoms with Crippen LogP contribution in [0.15, 0.2) is 0 Å². The molecule has 1 heterocycles. The van der Waals surface area contributed by atoms with Crippen LogP contribution in [0.1, 0.15) is 46.0 Å². The SMILES string of the molecule is CC(C)CCN[C@H]1CCC2CC(O)C(N3CC(=O)NS3(=O)=O)C(F)C2C1. The molecule has 3 N–H and O–H groups in total. The molecule has 0 aromatic heterocycles. The summed E-state index contributed by atoms with van der Waals surface area (Å²) in [6.07, 6.45) is 1.31. The molecule has 0 aromatic rings. The predicted molar refractivity (Wildman–Crippen MR) is 95.2 cm³/mol. The highest BCUT2D eigenvalue weighted by molar-refractivity contribution is 7.88. The molecule has 26 heavy (non-hydrogen) atoms. The molecule has 1 amide bonds. The van der Waals surface area contributed by atoms with Crippen LogP contribution in [0, 0.1) is 17.8 Å². The van der Waals surface area contributed by atoms with Crippen molar-refractivity contribution in [2.75, 3.05) is 13.1 Å². The van der Waals surface area contributed by atoms with Gasteiger partial charge in [0.25, 0.3) is 0 Å². The second-order valence-corrected chi connectivity index (χ2v) is 10.0. The van der Waals surface area contributed by atoms with Crippen LogP contribution in [0.4, 0.5) is 4.39 Å². The number of nitrogens with one attached hydrogen (secondary N) is 2. The van der Waals surface area contributed by atoms with Crippen molar-refractivity contribution in [3.8, 4) is 0 Å². The van der Waals surface area contributed by atoms with E-state index in [2.05, 4.69) is 19.2 Å². The third-order valence-corrected chi connectivity index (χ3v) is 7.54. The molecule has 5 unspecified atom stereocenters. The number of rotatable bonds is 5. The minimum absolute atomic E-state index is 0.0633. The Kier molecular flexibility index (Phi) is 5.91. The van der Waals surface area contributed by atoms with Crippen LogP contribution >= 0.6 is 0 Å². The lowest BCUT2D eigenvalue weighted by Crippen LogP contribution is -2.59. The molecule has 9 heteroatoms. The Labute approximate surface area is 154 Å². The largest absolute Gasteiger partial charge is 0.391 e. The highest BCUT2D eigenvalue weighted by Crippen LogP contribution is 2.44. The van der Waals surface area contributed by atoms with Crippen LogP contribution in [0.3, 0.4) is 0 Å². The maximum absolute atomic E-state index is 15.3. The minimum atomic E-state index is -4.06. The first-order valence-corrected chi connectivity index (χ1v) is 11.0. The first kappa shape index (κ1) is 20.0. The van der Waals surface area contributed by atoms with E-state index in [9.17, 15) is 18.3 Å². The van der Waals surface area contributed by atoms with E-state index in [1.54, 1.807) is 0 Å². The number of aliphatic hydroxyl groups excluding tert-OH is 1. The maximum Gasteiger partial charge on any atom is 0.304 e. The van der Waals surface area contributed by atoms with Gasteiger partial charge in [0.1, 0.15) is 6.17 Å². The van der Waals surface area contributed by atoms with Crippen molar-refractivity contribution in [3.05, 3.63) is 0 Å². The Hall–Kier alpha value is -0.770. The summed E-state index contributed by atoms with van der Waals surface area (Å²) in [6.45, 7) is 4.80. The number of carbonyl (C=O) groups excluding carboxylic acids is 1. The lowest BCUT2D eigenvalue weighted by atomic mass is 9.66. The Balaban J connectivity index is 1.69. The molecule has 0 radical (unpaired) electrons. The van der Waals surface area contributed by atoms with Gasteiger partial charge in [0.15, 0.2) is 0 Å². The third kappa shape index (κ3) is 4.05. The first-order chi connectivity index (χ1) is 12.2. The van der Waals surface area contributed by atoms with Crippen molar-refractivity contribution in [1.82, 2.24) is 14.3 Å². The number of aliphatic hydroxyl groups is 1. The molecule has 1 aliphatic heterocycles. The Morgan fingerprint density at radius 2 is 2.08 bits per heavy atom. The van der Waals surface area contributed by atoms with E-state index in [4.69, 9.17) is 0 Å². The molecule has 2 aliphatic carbocycles. The Bertz CT molecular complexity index is 629. The average Bonchev–Trinajstić information content (AvgIpc) is 2.80. The number of halogens is 1. The molecule has 3 rings (SSSR count). The summed E-state index contributed by atoms with van der Waals surface area (Å²) in [5.41, 5.74) is 0. The van der Waals surface area contributed by atoms with Crippen LogP contribution in [0.5, 0.6) is 0 Å². The Morgan fingerprint density at radius 1 is 1.35 bits per heavy atom. The van der Waals surface area contributed by atoms with Crippen LogP contribution in [0.2, 0.25) is 0 Å². The van der Waals surface area contributed by atoms with E-state index < -0.39 is 41.0 Å². The van der Waals surface area contributed by atoms with Gasteiger partial charge in [-0.2, -0.15) is 12.7 Å². The number of hydrogen-bond acceptors (Lipinski definition) is 5. The molecule has 2 saturated carbocycles. The van der Waals surface area contributed by atoms with Gasteiger partial charge in [-0.1, -0.05) is 13.8 Å². The van der Waals surface area contributed by atoms with Crippen molar-refractivity contribution in [3.63, 3.8) is 0 Å². The fourth-order valence-electron chi connectivity index (χ4n) is 4.71. The molecule has 6 atom stereocenters. The maximum atomic E-state index is 15.3. The lowest BCUT2D eigenvalue weighted by Gasteiger charge is -2.48. The molecule has 7 nitrogen and oxygen atoms in total. The smallest absolute Gasteiger partial charge is 0.304 e.